The van der Waals surface area contributed by atoms with Crippen molar-refractivity contribution in [2.75, 3.05) is 6.61 Å². The van der Waals surface area contributed by atoms with E-state index in [-0.39, 0.29) is 35.6 Å². The monoisotopic (exact) mass is 490 g/mol. The lowest BCUT2D eigenvalue weighted by atomic mass is 9.41. The Morgan fingerprint density at radius 2 is 1.63 bits per heavy atom. The molecular weight excluding hydrogens is 448 g/mol. The molecule has 4 fully saturated rings. The third kappa shape index (κ3) is 4.31. The average Bonchev–Trinajstić information content (AvgIpc) is 3.10. The fraction of sp³-hybridized carbons (Fsp3) is 0.857. The fourth-order valence-electron chi connectivity index (χ4n) is 9.16. The second-order valence-corrected chi connectivity index (χ2v) is 12.1. The Morgan fingerprint density at radius 1 is 0.943 bits per heavy atom. The van der Waals surface area contributed by atoms with E-state index in [4.69, 9.17) is 14.2 Å². The van der Waals surface area contributed by atoms with Gasteiger partial charge in [0.25, 0.3) is 0 Å². The fourth-order valence-corrected chi connectivity index (χ4v) is 9.16. The van der Waals surface area contributed by atoms with Gasteiger partial charge in [0, 0.05) is 39.0 Å². The lowest BCUT2D eigenvalue weighted by Crippen LogP contribution is -2.65. The quantitative estimate of drug-likeness (QED) is 0.414. The summed E-state index contributed by atoms with van der Waals surface area (Å²) in [6.07, 6.45) is 5.09. The molecule has 0 heterocycles. The number of fused-ring (bicyclic) bond motifs is 5. The number of carbonyl (C=O) groups excluding carboxylic acids is 4. The molecule has 0 aromatic heterocycles. The molecule has 7 nitrogen and oxygen atoms in total. The van der Waals surface area contributed by atoms with Crippen LogP contribution in [0.2, 0.25) is 0 Å². The molecule has 0 spiro atoms. The number of esters is 3. The second kappa shape index (κ2) is 9.51. The zero-order valence-electron chi connectivity index (χ0n) is 22.1. The molecule has 0 aliphatic heterocycles. The molecule has 0 saturated heterocycles. The number of ether oxygens (including phenoxy) is 3. The first-order chi connectivity index (χ1) is 16.4. The average molecular weight is 491 g/mol. The van der Waals surface area contributed by atoms with Crippen molar-refractivity contribution in [1.82, 2.24) is 0 Å². The Balaban J connectivity index is 1.77. The van der Waals surface area contributed by atoms with Crippen LogP contribution >= 0.6 is 0 Å². The van der Waals surface area contributed by atoms with E-state index in [1.165, 1.54) is 33.6 Å². The highest BCUT2D eigenvalue weighted by molar-refractivity contribution is 5.84. The molecule has 4 aliphatic carbocycles. The van der Waals surface area contributed by atoms with Crippen LogP contribution in [0.1, 0.15) is 86.5 Å². The van der Waals surface area contributed by atoms with Crippen molar-refractivity contribution in [2.45, 2.75) is 98.7 Å². The maximum absolute atomic E-state index is 13.8. The van der Waals surface area contributed by atoms with Crippen LogP contribution in [0, 0.1) is 46.3 Å². The lowest BCUT2D eigenvalue weighted by Gasteiger charge is -2.63. The third-order valence-electron chi connectivity index (χ3n) is 10.6. The van der Waals surface area contributed by atoms with Crippen LogP contribution < -0.4 is 0 Å². The van der Waals surface area contributed by atoms with E-state index in [1.54, 1.807) is 0 Å². The van der Waals surface area contributed by atoms with E-state index in [0.717, 1.165) is 19.3 Å². The van der Waals surface area contributed by atoms with E-state index in [2.05, 4.69) is 20.8 Å². The number of ketones is 1. The Morgan fingerprint density at radius 3 is 2.23 bits per heavy atom. The molecule has 0 aromatic rings. The summed E-state index contributed by atoms with van der Waals surface area (Å²) in [5.41, 5.74) is -0.257. The first-order valence-electron chi connectivity index (χ1n) is 13.4. The van der Waals surface area contributed by atoms with Gasteiger partial charge in [-0.05, 0) is 66.6 Å². The maximum Gasteiger partial charge on any atom is 0.303 e. The van der Waals surface area contributed by atoms with Gasteiger partial charge in [-0.3, -0.25) is 19.2 Å². The van der Waals surface area contributed by atoms with E-state index in [1.807, 2.05) is 0 Å². The van der Waals surface area contributed by atoms with E-state index in [9.17, 15) is 19.2 Å². The molecule has 4 saturated carbocycles. The van der Waals surface area contributed by atoms with Crippen molar-refractivity contribution in [3.63, 3.8) is 0 Å². The Labute approximate surface area is 209 Å². The van der Waals surface area contributed by atoms with Crippen molar-refractivity contribution in [3.05, 3.63) is 0 Å². The Bertz CT molecular complexity index is 883. The van der Waals surface area contributed by atoms with Gasteiger partial charge in [0.2, 0.25) is 0 Å². The SMILES string of the molecule is CC[C@H]1CC[C@H]2[C@@H]3CC(=O)[C@H]4C[C@@H](OC(C)=O)[C@@H](OC(C)=O)C(COC(C)=O)[C@]4(C)[C@H]3CC[C@]12C. The highest BCUT2D eigenvalue weighted by atomic mass is 16.6. The number of hydrogen-bond acceptors (Lipinski definition) is 7. The molecule has 7 heteroatoms. The predicted molar refractivity (Wildman–Crippen MR) is 128 cm³/mol. The number of rotatable bonds is 5. The van der Waals surface area contributed by atoms with Gasteiger partial charge in [0.1, 0.15) is 18.0 Å². The summed E-state index contributed by atoms with van der Waals surface area (Å²) < 4.78 is 17.0. The van der Waals surface area contributed by atoms with Crippen LogP contribution in [0.4, 0.5) is 0 Å². The topological polar surface area (TPSA) is 96.0 Å². The van der Waals surface area contributed by atoms with Crippen molar-refractivity contribution in [3.8, 4) is 0 Å². The molecule has 196 valence electrons. The Kier molecular flexibility index (Phi) is 7.11. The molecule has 0 bridgehead atoms. The largest absolute Gasteiger partial charge is 0.465 e. The van der Waals surface area contributed by atoms with E-state index >= 15 is 0 Å². The molecular formula is C28H42O7. The molecule has 0 N–H and O–H groups in total. The molecule has 10 atom stereocenters. The first-order valence-corrected chi connectivity index (χ1v) is 13.4. The summed E-state index contributed by atoms with van der Waals surface area (Å²) in [6, 6.07) is 0. The van der Waals surface area contributed by atoms with Crippen LogP contribution in [-0.4, -0.2) is 42.5 Å². The zero-order valence-corrected chi connectivity index (χ0v) is 22.1. The lowest BCUT2D eigenvalue weighted by molar-refractivity contribution is -0.222. The number of carbonyl (C=O) groups is 4. The van der Waals surface area contributed by atoms with Crippen LogP contribution in [-0.2, 0) is 33.4 Å². The van der Waals surface area contributed by atoms with Gasteiger partial charge in [-0.2, -0.15) is 0 Å². The summed E-state index contributed by atoms with van der Waals surface area (Å²) in [5.74, 6) is -0.178. The smallest absolute Gasteiger partial charge is 0.303 e. The van der Waals surface area contributed by atoms with Crippen LogP contribution in [0.15, 0.2) is 0 Å². The van der Waals surface area contributed by atoms with Gasteiger partial charge in [-0.15, -0.1) is 0 Å². The summed E-state index contributed by atoms with van der Waals surface area (Å²) in [6.45, 7) is 10.9. The maximum atomic E-state index is 13.8. The highest BCUT2D eigenvalue weighted by Crippen LogP contribution is 2.68. The molecule has 4 rings (SSSR count). The summed E-state index contributed by atoms with van der Waals surface area (Å²) >= 11 is 0. The van der Waals surface area contributed by atoms with Gasteiger partial charge in [0.05, 0.1) is 6.61 Å². The van der Waals surface area contributed by atoms with Gasteiger partial charge in [-0.25, -0.2) is 0 Å². The minimum Gasteiger partial charge on any atom is -0.465 e. The van der Waals surface area contributed by atoms with E-state index < -0.39 is 41.4 Å². The summed E-state index contributed by atoms with van der Waals surface area (Å²) in [7, 11) is 0. The minimum absolute atomic E-state index is 0.0358. The molecule has 4 aliphatic rings. The van der Waals surface area contributed by atoms with Gasteiger partial charge >= 0.3 is 17.9 Å². The van der Waals surface area contributed by atoms with Crippen LogP contribution in [0.5, 0.6) is 0 Å². The van der Waals surface area contributed by atoms with Crippen LogP contribution in [0.3, 0.4) is 0 Å². The first kappa shape index (κ1) is 26.2. The number of hydrogen-bond donors (Lipinski definition) is 0. The van der Waals surface area contributed by atoms with Gasteiger partial charge in [-0.1, -0.05) is 27.2 Å². The van der Waals surface area contributed by atoms with Crippen LogP contribution in [0.25, 0.3) is 0 Å². The van der Waals surface area contributed by atoms with Crippen molar-refractivity contribution < 1.29 is 33.4 Å². The molecule has 0 amide bonds. The zero-order chi connectivity index (χ0) is 25.7. The third-order valence-corrected chi connectivity index (χ3v) is 10.6. The molecule has 1 unspecified atom stereocenters. The van der Waals surface area contributed by atoms with Gasteiger partial charge in [0.15, 0.2) is 0 Å². The highest BCUT2D eigenvalue weighted by Gasteiger charge is 2.67. The Hall–Kier alpha value is -1.92. The van der Waals surface area contributed by atoms with Gasteiger partial charge < -0.3 is 14.2 Å². The second-order valence-electron chi connectivity index (χ2n) is 12.1. The summed E-state index contributed by atoms with van der Waals surface area (Å²) in [4.78, 5) is 49.8. The molecule has 0 aromatic carbocycles. The molecule has 0 radical (unpaired) electrons. The summed E-state index contributed by atoms with van der Waals surface area (Å²) in [5, 5.41) is 0. The standard InChI is InChI=1S/C28H42O7/c1-7-18-8-9-20-19-12-24(32)22-13-25(34-16(3)30)26(35-17(4)31)23(14-33-15(2)29)28(22,6)21(19)10-11-27(18,20)5/h18-23,25-26H,7-14H2,1-6H3/t18-,19-,20-,21-,22+,23?,25+,26-,27+,28+/m0/s1. The van der Waals surface area contributed by atoms with Crippen molar-refractivity contribution in [1.29, 1.82) is 0 Å². The minimum atomic E-state index is -0.760. The van der Waals surface area contributed by atoms with Crippen molar-refractivity contribution in [2.24, 2.45) is 46.3 Å². The van der Waals surface area contributed by atoms with E-state index in [0.29, 0.717) is 24.7 Å². The molecule has 35 heavy (non-hydrogen) atoms. The number of Topliss-reactive ketones (excluding diaryl/α,β-unsaturated/α-hetero) is 1. The predicted octanol–water partition coefficient (Wildman–Crippen LogP) is 4.50. The van der Waals surface area contributed by atoms with Crippen molar-refractivity contribution >= 4 is 23.7 Å². The normalized spacial score (nSPS) is 44.5.